The van der Waals surface area contributed by atoms with Gasteiger partial charge in [-0.2, -0.15) is 0 Å². The second kappa shape index (κ2) is 8.34. The first-order valence-corrected chi connectivity index (χ1v) is 10.8. The summed E-state index contributed by atoms with van der Waals surface area (Å²) < 4.78 is 2.11. The number of hydrogen-bond acceptors (Lipinski definition) is 5. The van der Waals surface area contributed by atoms with Crippen molar-refractivity contribution >= 4 is 11.6 Å². The zero-order valence-electron chi connectivity index (χ0n) is 18.1. The van der Waals surface area contributed by atoms with E-state index in [4.69, 9.17) is 4.98 Å². The number of hydrogen-bond donors (Lipinski definition) is 1. The van der Waals surface area contributed by atoms with Crippen LogP contribution in [0.25, 0.3) is 22.5 Å². The summed E-state index contributed by atoms with van der Waals surface area (Å²) in [7, 11) is 0. The van der Waals surface area contributed by atoms with Gasteiger partial charge in [0, 0.05) is 40.9 Å². The summed E-state index contributed by atoms with van der Waals surface area (Å²) in [6.45, 7) is 4.13. The molecule has 0 aliphatic heterocycles. The molecule has 3 heterocycles. The third kappa shape index (κ3) is 4.01. The molecule has 1 fully saturated rings. The fourth-order valence-corrected chi connectivity index (χ4v) is 3.73. The van der Waals surface area contributed by atoms with Crippen molar-refractivity contribution in [3.05, 3.63) is 78.6 Å². The smallest absolute Gasteiger partial charge is 0.274 e. The van der Waals surface area contributed by atoms with Crippen LogP contribution >= 0.6 is 0 Å². The molecule has 3 aromatic heterocycles. The number of amides is 1. The van der Waals surface area contributed by atoms with Crippen molar-refractivity contribution in [1.82, 2.24) is 24.7 Å². The number of carbonyl (C=O) groups is 1. The lowest BCUT2D eigenvalue weighted by molar-refractivity contribution is 0.102. The second-order valence-corrected chi connectivity index (χ2v) is 8.35. The van der Waals surface area contributed by atoms with Gasteiger partial charge < -0.3 is 9.88 Å². The largest absolute Gasteiger partial charge is 0.321 e. The van der Waals surface area contributed by atoms with Crippen LogP contribution < -0.4 is 5.32 Å². The van der Waals surface area contributed by atoms with Crippen LogP contribution in [-0.2, 0) is 0 Å². The first kappa shape index (κ1) is 20.1. The molecule has 32 heavy (non-hydrogen) atoms. The van der Waals surface area contributed by atoms with E-state index >= 15 is 0 Å². The molecule has 7 nitrogen and oxygen atoms in total. The number of nitrogens with zero attached hydrogens (tertiary/aromatic N) is 5. The summed E-state index contributed by atoms with van der Waals surface area (Å²) in [6.07, 6.45) is 7.51. The highest BCUT2D eigenvalue weighted by Crippen LogP contribution is 2.37. The molecule has 0 spiro atoms. The molecule has 1 aliphatic rings. The molecule has 0 bridgehead atoms. The van der Waals surface area contributed by atoms with Crippen molar-refractivity contribution in [2.24, 2.45) is 0 Å². The Kier molecular flexibility index (Phi) is 5.23. The van der Waals surface area contributed by atoms with Gasteiger partial charge in [0.25, 0.3) is 5.91 Å². The molecule has 1 saturated carbocycles. The van der Waals surface area contributed by atoms with Crippen LogP contribution in [0.4, 0.5) is 5.69 Å². The van der Waals surface area contributed by atoms with Gasteiger partial charge in [0.05, 0.1) is 0 Å². The Hall–Kier alpha value is -3.87. The van der Waals surface area contributed by atoms with E-state index in [2.05, 4.69) is 38.9 Å². The van der Waals surface area contributed by atoms with Gasteiger partial charge in [-0.25, -0.2) is 4.98 Å². The molecular formula is C25H24N6O. The van der Waals surface area contributed by atoms with E-state index in [1.165, 1.54) is 0 Å². The molecular weight excluding hydrogens is 400 g/mol. The van der Waals surface area contributed by atoms with Gasteiger partial charge in [0.2, 0.25) is 0 Å². The van der Waals surface area contributed by atoms with E-state index in [-0.39, 0.29) is 11.8 Å². The molecule has 0 atom stereocenters. The summed E-state index contributed by atoms with van der Waals surface area (Å²) in [6, 6.07) is 15.9. The molecule has 5 rings (SSSR count). The summed E-state index contributed by atoms with van der Waals surface area (Å²) in [5.41, 5.74) is 4.56. The standard InChI is InChI=1S/C25H24N6O/c1-16(2)22-9-8-21(17-10-12-26-13-11-17)23(29-22)25(32)28-19-5-3-4-18(14-19)24-30-27-15-31(24)20-6-7-20/h3-5,8-16,20H,6-7H2,1-2H3,(H,28,32). The minimum Gasteiger partial charge on any atom is -0.321 e. The maximum absolute atomic E-state index is 13.3. The van der Waals surface area contributed by atoms with E-state index < -0.39 is 0 Å². The Labute approximate surface area is 186 Å². The van der Waals surface area contributed by atoms with Gasteiger partial charge >= 0.3 is 0 Å². The van der Waals surface area contributed by atoms with Crippen LogP contribution in [0.5, 0.6) is 0 Å². The molecule has 0 unspecified atom stereocenters. The Morgan fingerprint density at radius 3 is 2.62 bits per heavy atom. The van der Waals surface area contributed by atoms with Crippen molar-refractivity contribution in [3.8, 4) is 22.5 Å². The number of carbonyl (C=O) groups excluding carboxylic acids is 1. The Morgan fingerprint density at radius 1 is 1.06 bits per heavy atom. The lowest BCUT2D eigenvalue weighted by atomic mass is 10.0. The highest BCUT2D eigenvalue weighted by molar-refractivity contribution is 6.07. The zero-order chi connectivity index (χ0) is 22.1. The lowest BCUT2D eigenvalue weighted by Crippen LogP contribution is -2.16. The molecule has 0 saturated heterocycles. The quantitative estimate of drug-likeness (QED) is 0.465. The minimum atomic E-state index is -0.250. The number of nitrogens with one attached hydrogen (secondary N) is 1. The van der Waals surface area contributed by atoms with E-state index in [0.717, 1.165) is 41.1 Å². The number of benzene rings is 1. The van der Waals surface area contributed by atoms with E-state index in [1.807, 2.05) is 48.5 Å². The van der Waals surface area contributed by atoms with Crippen LogP contribution in [0.3, 0.4) is 0 Å². The van der Waals surface area contributed by atoms with Crippen molar-refractivity contribution in [2.75, 3.05) is 5.32 Å². The number of aromatic nitrogens is 5. The minimum absolute atomic E-state index is 0.213. The van der Waals surface area contributed by atoms with Crippen LogP contribution in [0.1, 0.15) is 54.8 Å². The van der Waals surface area contributed by atoms with Gasteiger partial charge in [-0.1, -0.05) is 32.0 Å². The summed E-state index contributed by atoms with van der Waals surface area (Å²) in [5, 5.41) is 11.4. The maximum Gasteiger partial charge on any atom is 0.274 e. The van der Waals surface area contributed by atoms with E-state index in [9.17, 15) is 4.79 Å². The predicted molar refractivity (Wildman–Crippen MR) is 123 cm³/mol. The molecule has 4 aromatic rings. The number of rotatable bonds is 6. The monoisotopic (exact) mass is 424 g/mol. The van der Waals surface area contributed by atoms with Gasteiger partial charge in [0.15, 0.2) is 5.82 Å². The molecule has 1 N–H and O–H groups in total. The Balaban J connectivity index is 1.47. The molecule has 1 amide bonds. The third-order valence-corrected chi connectivity index (χ3v) is 5.61. The van der Waals surface area contributed by atoms with Crippen molar-refractivity contribution in [1.29, 1.82) is 0 Å². The van der Waals surface area contributed by atoms with E-state index in [0.29, 0.717) is 17.4 Å². The van der Waals surface area contributed by atoms with Crippen molar-refractivity contribution < 1.29 is 4.79 Å². The van der Waals surface area contributed by atoms with Crippen LogP contribution in [0.15, 0.2) is 67.3 Å². The molecule has 1 aromatic carbocycles. The molecule has 160 valence electrons. The van der Waals surface area contributed by atoms with Crippen molar-refractivity contribution in [3.63, 3.8) is 0 Å². The summed E-state index contributed by atoms with van der Waals surface area (Å²) in [4.78, 5) is 22.1. The third-order valence-electron chi connectivity index (χ3n) is 5.61. The first-order valence-electron chi connectivity index (χ1n) is 10.8. The average Bonchev–Trinajstić information content (AvgIpc) is 3.55. The second-order valence-electron chi connectivity index (χ2n) is 8.35. The average molecular weight is 425 g/mol. The Morgan fingerprint density at radius 2 is 1.88 bits per heavy atom. The summed E-state index contributed by atoms with van der Waals surface area (Å²) >= 11 is 0. The normalized spacial score (nSPS) is 13.3. The van der Waals surface area contributed by atoms with Gasteiger partial charge in [-0.05, 0) is 54.7 Å². The SMILES string of the molecule is CC(C)c1ccc(-c2ccncc2)c(C(=O)Nc2cccc(-c3nncn3C3CC3)c2)n1. The number of anilines is 1. The molecule has 1 aliphatic carbocycles. The highest BCUT2D eigenvalue weighted by atomic mass is 16.1. The zero-order valence-corrected chi connectivity index (χ0v) is 18.1. The topological polar surface area (TPSA) is 85.6 Å². The van der Waals surface area contributed by atoms with Crippen LogP contribution in [-0.4, -0.2) is 30.6 Å². The van der Waals surface area contributed by atoms with E-state index in [1.54, 1.807) is 18.7 Å². The number of pyridine rings is 2. The van der Waals surface area contributed by atoms with Crippen LogP contribution in [0.2, 0.25) is 0 Å². The highest BCUT2D eigenvalue weighted by Gasteiger charge is 2.26. The lowest BCUT2D eigenvalue weighted by Gasteiger charge is -2.13. The first-order chi connectivity index (χ1) is 15.6. The molecule has 0 radical (unpaired) electrons. The maximum atomic E-state index is 13.3. The van der Waals surface area contributed by atoms with Crippen LogP contribution in [0, 0.1) is 0 Å². The van der Waals surface area contributed by atoms with Gasteiger partial charge in [0.1, 0.15) is 12.0 Å². The molecule has 7 heteroatoms. The van der Waals surface area contributed by atoms with Gasteiger partial charge in [-0.15, -0.1) is 10.2 Å². The summed E-state index contributed by atoms with van der Waals surface area (Å²) in [5.74, 6) is 0.784. The predicted octanol–water partition coefficient (Wildman–Crippen LogP) is 5.11. The Bertz CT molecular complexity index is 1260. The van der Waals surface area contributed by atoms with Gasteiger partial charge in [-0.3, -0.25) is 9.78 Å². The fourth-order valence-electron chi connectivity index (χ4n) is 3.73. The fraction of sp³-hybridized carbons (Fsp3) is 0.240. The van der Waals surface area contributed by atoms with Crippen molar-refractivity contribution in [2.45, 2.75) is 38.6 Å².